The number of hydrogen-bond acceptors (Lipinski definition) is 2. The first-order valence-electron chi connectivity index (χ1n) is 7.37. The summed E-state index contributed by atoms with van der Waals surface area (Å²) >= 11 is 0. The van der Waals surface area contributed by atoms with Crippen molar-refractivity contribution in [3.8, 4) is 0 Å². The Bertz CT molecular complexity index is 510. The molecule has 0 aliphatic heterocycles. The Morgan fingerprint density at radius 1 is 1.33 bits per heavy atom. The summed E-state index contributed by atoms with van der Waals surface area (Å²) in [5, 5.41) is 3.40. The van der Waals surface area contributed by atoms with Gasteiger partial charge in [-0.25, -0.2) is 4.99 Å². The first-order chi connectivity index (χ1) is 10.0. The summed E-state index contributed by atoms with van der Waals surface area (Å²) in [5.74, 6) is 0.857. The molecule has 1 saturated carbocycles. The molecule has 0 bridgehead atoms. The van der Waals surface area contributed by atoms with Crippen molar-refractivity contribution in [3.63, 3.8) is 0 Å². The molecule has 2 rings (SSSR count). The van der Waals surface area contributed by atoms with E-state index in [2.05, 4.69) is 22.4 Å². The predicted octanol–water partition coefficient (Wildman–Crippen LogP) is 1.99. The molecule has 1 aliphatic rings. The lowest BCUT2D eigenvalue weighted by Crippen LogP contribution is -2.52. The summed E-state index contributed by atoms with van der Waals surface area (Å²) in [7, 11) is 3.17. The Morgan fingerprint density at radius 3 is 2.48 bits per heavy atom. The van der Waals surface area contributed by atoms with E-state index in [4.69, 9.17) is 0 Å². The molecular weight excluding hydrogens is 282 g/mol. The van der Waals surface area contributed by atoms with Crippen molar-refractivity contribution in [2.75, 3.05) is 26.9 Å². The number of rotatable bonds is 5. The molecule has 0 amide bonds. The van der Waals surface area contributed by atoms with Crippen molar-refractivity contribution in [1.29, 1.82) is 0 Å². The van der Waals surface area contributed by atoms with Gasteiger partial charge in [-0.3, -0.25) is 4.21 Å². The number of benzene rings is 1. The summed E-state index contributed by atoms with van der Waals surface area (Å²) < 4.78 is 11.9. The minimum atomic E-state index is -0.788. The van der Waals surface area contributed by atoms with Crippen LogP contribution in [0.5, 0.6) is 0 Å². The topological polar surface area (TPSA) is 44.7 Å². The van der Waals surface area contributed by atoms with Gasteiger partial charge < -0.3 is 10.2 Å². The average molecular weight is 307 g/mol. The van der Waals surface area contributed by atoms with E-state index in [1.54, 1.807) is 0 Å². The minimum absolute atomic E-state index is 0.0521. The zero-order valence-electron chi connectivity index (χ0n) is 13.1. The van der Waals surface area contributed by atoms with Crippen molar-refractivity contribution in [2.24, 2.45) is 4.99 Å². The molecule has 5 heteroatoms. The second-order valence-corrected chi connectivity index (χ2v) is 7.64. The van der Waals surface area contributed by atoms with Crippen molar-refractivity contribution in [1.82, 2.24) is 10.2 Å². The van der Waals surface area contributed by atoms with Crippen molar-refractivity contribution in [2.45, 2.75) is 30.6 Å². The Balaban J connectivity index is 1.97. The van der Waals surface area contributed by atoms with Gasteiger partial charge in [-0.15, -0.1) is 0 Å². The van der Waals surface area contributed by atoms with Gasteiger partial charge in [0.05, 0.1) is 11.3 Å². The SMILES string of the molecule is CN(C)C(=NCc1ccccc1)NCC1(S(C)=O)CCC1. The fourth-order valence-corrected chi connectivity index (χ4v) is 3.62. The van der Waals surface area contributed by atoms with Gasteiger partial charge in [-0.05, 0) is 18.4 Å². The summed E-state index contributed by atoms with van der Waals surface area (Å²) in [6.45, 7) is 1.39. The average Bonchev–Trinajstić information content (AvgIpc) is 2.41. The van der Waals surface area contributed by atoms with Crippen LogP contribution in [0.3, 0.4) is 0 Å². The molecule has 1 aromatic rings. The number of aliphatic imine (C=N–C) groups is 1. The summed E-state index contributed by atoms with van der Waals surface area (Å²) in [4.78, 5) is 6.63. The van der Waals surface area contributed by atoms with E-state index in [1.165, 1.54) is 12.0 Å². The zero-order valence-corrected chi connectivity index (χ0v) is 13.9. The minimum Gasteiger partial charge on any atom is -0.355 e. The summed E-state index contributed by atoms with van der Waals surface area (Å²) in [5.41, 5.74) is 1.19. The van der Waals surface area contributed by atoms with E-state index >= 15 is 0 Å². The lowest BCUT2D eigenvalue weighted by atomic mass is 9.84. The second kappa shape index (κ2) is 7.07. The van der Waals surface area contributed by atoms with E-state index in [1.807, 2.05) is 43.5 Å². The number of guanidine groups is 1. The molecule has 116 valence electrons. The molecule has 0 radical (unpaired) electrons. The molecule has 1 unspecified atom stereocenters. The fourth-order valence-electron chi connectivity index (χ4n) is 2.48. The standard InChI is InChI=1S/C16H25N3OS/c1-19(2)15(17-12-14-8-5-4-6-9-14)18-13-16(21(3)20)10-7-11-16/h4-6,8-9H,7,10-13H2,1-3H3,(H,17,18). The van der Waals surface area contributed by atoms with Gasteiger partial charge in [-0.2, -0.15) is 0 Å². The van der Waals surface area contributed by atoms with Crippen LogP contribution in [0.4, 0.5) is 0 Å². The second-order valence-electron chi connectivity index (χ2n) is 5.86. The molecule has 21 heavy (non-hydrogen) atoms. The highest BCUT2D eigenvalue weighted by Gasteiger charge is 2.40. The maximum Gasteiger partial charge on any atom is 0.193 e. The lowest BCUT2D eigenvalue weighted by molar-refractivity contribution is 0.346. The fraction of sp³-hybridized carbons (Fsp3) is 0.562. The molecule has 0 spiro atoms. The highest BCUT2D eigenvalue weighted by Crippen LogP contribution is 2.36. The first-order valence-corrected chi connectivity index (χ1v) is 8.92. The third kappa shape index (κ3) is 4.06. The summed E-state index contributed by atoms with van der Waals surface area (Å²) in [6, 6.07) is 10.2. The molecule has 1 atom stereocenters. The van der Waals surface area contributed by atoms with Crippen LogP contribution in [0.2, 0.25) is 0 Å². The molecule has 1 aromatic carbocycles. The lowest BCUT2D eigenvalue weighted by Gasteiger charge is -2.40. The van der Waals surface area contributed by atoms with Crippen molar-refractivity contribution in [3.05, 3.63) is 35.9 Å². The monoisotopic (exact) mass is 307 g/mol. The van der Waals surface area contributed by atoms with Gasteiger partial charge in [0.25, 0.3) is 0 Å². The number of hydrogen-bond donors (Lipinski definition) is 1. The molecule has 0 saturated heterocycles. The third-order valence-corrected chi connectivity index (χ3v) is 5.89. The molecule has 1 N–H and O–H groups in total. The van der Waals surface area contributed by atoms with E-state index in [0.717, 1.165) is 25.3 Å². The maximum absolute atomic E-state index is 11.9. The normalized spacial score (nSPS) is 18.7. The predicted molar refractivity (Wildman–Crippen MR) is 89.9 cm³/mol. The number of nitrogens with one attached hydrogen (secondary N) is 1. The van der Waals surface area contributed by atoms with Gasteiger partial charge in [-0.1, -0.05) is 36.8 Å². The van der Waals surface area contributed by atoms with E-state index in [0.29, 0.717) is 6.54 Å². The van der Waals surface area contributed by atoms with Crippen LogP contribution in [0.1, 0.15) is 24.8 Å². The molecule has 0 aromatic heterocycles. The van der Waals surface area contributed by atoms with E-state index in [9.17, 15) is 4.21 Å². The highest BCUT2D eigenvalue weighted by atomic mass is 32.2. The molecule has 1 aliphatic carbocycles. The summed E-state index contributed by atoms with van der Waals surface area (Å²) in [6.07, 6.45) is 5.09. The quantitative estimate of drug-likeness (QED) is 0.668. The molecule has 1 fully saturated rings. The maximum atomic E-state index is 11.9. The molecular formula is C16H25N3OS. The van der Waals surface area contributed by atoms with Crippen molar-refractivity contribution < 1.29 is 4.21 Å². The largest absolute Gasteiger partial charge is 0.355 e. The highest BCUT2D eigenvalue weighted by molar-refractivity contribution is 7.85. The third-order valence-electron chi connectivity index (χ3n) is 4.12. The first kappa shape index (κ1) is 16.0. The van der Waals surface area contributed by atoms with Crippen LogP contribution in [-0.2, 0) is 17.3 Å². The van der Waals surface area contributed by atoms with Gasteiger partial charge in [0.15, 0.2) is 5.96 Å². The zero-order chi connectivity index (χ0) is 15.3. The molecule has 4 nitrogen and oxygen atoms in total. The van der Waals surface area contributed by atoms with Crippen LogP contribution < -0.4 is 5.32 Å². The Labute approximate surface area is 130 Å². The smallest absolute Gasteiger partial charge is 0.193 e. The van der Waals surface area contributed by atoms with Crippen LogP contribution >= 0.6 is 0 Å². The van der Waals surface area contributed by atoms with Gasteiger partial charge in [0.2, 0.25) is 0 Å². The van der Waals surface area contributed by atoms with Crippen molar-refractivity contribution >= 4 is 16.8 Å². The van der Waals surface area contributed by atoms with Crippen LogP contribution in [-0.4, -0.2) is 46.7 Å². The number of nitrogens with zero attached hydrogens (tertiary/aromatic N) is 2. The Kier molecular flexibility index (Phi) is 5.39. The van der Waals surface area contributed by atoms with Gasteiger partial charge >= 0.3 is 0 Å². The molecule has 0 heterocycles. The van der Waals surface area contributed by atoms with E-state index < -0.39 is 10.8 Å². The Morgan fingerprint density at radius 2 is 2.00 bits per heavy atom. The van der Waals surface area contributed by atoms with Crippen LogP contribution in [0.25, 0.3) is 0 Å². The van der Waals surface area contributed by atoms with Gasteiger partial charge in [0, 0.05) is 37.7 Å². The van der Waals surface area contributed by atoms with Crippen LogP contribution in [0, 0.1) is 0 Å². The van der Waals surface area contributed by atoms with Gasteiger partial charge in [0.1, 0.15) is 0 Å². The Hall–Kier alpha value is -1.36. The van der Waals surface area contributed by atoms with Crippen LogP contribution in [0.15, 0.2) is 35.3 Å². The van der Waals surface area contributed by atoms with E-state index in [-0.39, 0.29) is 4.75 Å².